The summed E-state index contributed by atoms with van der Waals surface area (Å²) in [5.41, 5.74) is 2.74. The summed E-state index contributed by atoms with van der Waals surface area (Å²) in [4.78, 5) is 6.80. The summed E-state index contributed by atoms with van der Waals surface area (Å²) in [6.45, 7) is 4.57. The normalized spacial score (nSPS) is 22.4. The Labute approximate surface area is 104 Å². The third-order valence-corrected chi connectivity index (χ3v) is 3.31. The molecule has 0 saturated carbocycles. The number of hydrogen-bond donors (Lipinski definition) is 2. The lowest BCUT2D eigenvalue weighted by Gasteiger charge is -2.31. The van der Waals surface area contributed by atoms with Gasteiger partial charge in [-0.15, -0.1) is 0 Å². The van der Waals surface area contributed by atoms with Gasteiger partial charge in [-0.2, -0.15) is 0 Å². The SMILES string of the molecule is CCC1CCCCCN1C(=NCCOC)NN. The van der Waals surface area contributed by atoms with Gasteiger partial charge in [0.05, 0.1) is 13.2 Å². The van der Waals surface area contributed by atoms with Crippen LogP contribution in [0, 0.1) is 0 Å². The molecule has 0 aliphatic carbocycles. The van der Waals surface area contributed by atoms with Crippen LogP contribution in [-0.4, -0.2) is 43.7 Å². The smallest absolute Gasteiger partial charge is 0.208 e. The zero-order valence-corrected chi connectivity index (χ0v) is 11.1. The number of rotatable bonds is 4. The minimum absolute atomic E-state index is 0.565. The molecule has 17 heavy (non-hydrogen) atoms. The lowest BCUT2D eigenvalue weighted by atomic mass is 10.1. The van der Waals surface area contributed by atoms with Crippen LogP contribution in [0.15, 0.2) is 4.99 Å². The lowest BCUT2D eigenvalue weighted by molar-refractivity contribution is 0.207. The summed E-state index contributed by atoms with van der Waals surface area (Å²) >= 11 is 0. The second kappa shape index (κ2) is 8.31. The van der Waals surface area contributed by atoms with Gasteiger partial charge in [0.1, 0.15) is 0 Å². The van der Waals surface area contributed by atoms with E-state index in [9.17, 15) is 0 Å². The van der Waals surface area contributed by atoms with Gasteiger partial charge in [0.2, 0.25) is 5.96 Å². The molecule has 1 aliphatic heterocycles. The van der Waals surface area contributed by atoms with Gasteiger partial charge in [0.25, 0.3) is 0 Å². The highest BCUT2D eigenvalue weighted by Gasteiger charge is 2.21. The van der Waals surface area contributed by atoms with Crippen LogP contribution in [0.25, 0.3) is 0 Å². The zero-order chi connectivity index (χ0) is 12.5. The molecule has 1 unspecified atom stereocenters. The number of hydrogen-bond acceptors (Lipinski definition) is 3. The van der Waals surface area contributed by atoms with Gasteiger partial charge >= 0.3 is 0 Å². The number of nitrogens with zero attached hydrogens (tertiary/aromatic N) is 2. The minimum atomic E-state index is 0.565. The number of likely N-dealkylation sites (tertiary alicyclic amines) is 1. The van der Waals surface area contributed by atoms with Gasteiger partial charge in [-0.1, -0.05) is 19.8 Å². The van der Waals surface area contributed by atoms with Crippen LogP contribution in [0.1, 0.15) is 39.0 Å². The molecule has 1 atom stereocenters. The van der Waals surface area contributed by atoms with Crippen LogP contribution in [-0.2, 0) is 4.74 Å². The second-order valence-electron chi connectivity index (χ2n) is 4.45. The molecule has 1 fully saturated rings. The van der Waals surface area contributed by atoms with E-state index in [1.807, 2.05) is 0 Å². The quantitative estimate of drug-likeness (QED) is 0.255. The number of hydrazine groups is 1. The molecule has 5 heteroatoms. The molecular weight excluding hydrogens is 216 g/mol. The van der Waals surface area contributed by atoms with Crippen LogP contribution in [0.3, 0.4) is 0 Å². The molecule has 0 radical (unpaired) electrons. The van der Waals surface area contributed by atoms with Crippen molar-refractivity contribution in [1.29, 1.82) is 0 Å². The van der Waals surface area contributed by atoms with Gasteiger partial charge < -0.3 is 9.64 Å². The third-order valence-electron chi connectivity index (χ3n) is 3.31. The van der Waals surface area contributed by atoms with E-state index in [0.29, 0.717) is 19.2 Å². The molecule has 0 bridgehead atoms. The molecule has 0 spiro atoms. The van der Waals surface area contributed by atoms with Crippen LogP contribution in [0.5, 0.6) is 0 Å². The predicted octanol–water partition coefficient (Wildman–Crippen LogP) is 1.11. The molecule has 0 aromatic rings. The highest BCUT2D eigenvalue weighted by atomic mass is 16.5. The van der Waals surface area contributed by atoms with E-state index in [0.717, 1.165) is 18.9 Å². The Hall–Kier alpha value is -0.810. The first-order valence-corrected chi connectivity index (χ1v) is 6.60. The molecule has 0 aromatic carbocycles. The van der Waals surface area contributed by atoms with Crippen LogP contribution in [0.2, 0.25) is 0 Å². The number of guanidine groups is 1. The van der Waals surface area contributed by atoms with Gasteiger partial charge in [-0.05, 0) is 19.3 Å². The second-order valence-corrected chi connectivity index (χ2v) is 4.45. The first-order valence-electron chi connectivity index (χ1n) is 6.60. The van der Waals surface area contributed by atoms with E-state index in [-0.39, 0.29) is 0 Å². The fourth-order valence-corrected chi connectivity index (χ4v) is 2.34. The first kappa shape index (κ1) is 14.3. The van der Waals surface area contributed by atoms with E-state index < -0.39 is 0 Å². The van der Waals surface area contributed by atoms with E-state index in [2.05, 4.69) is 22.2 Å². The van der Waals surface area contributed by atoms with Crippen molar-refractivity contribution >= 4 is 5.96 Å². The van der Waals surface area contributed by atoms with Crippen molar-refractivity contribution in [1.82, 2.24) is 10.3 Å². The molecule has 0 aromatic heterocycles. The Morgan fingerprint density at radius 2 is 2.29 bits per heavy atom. The maximum atomic E-state index is 5.59. The molecule has 1 heterocycles. The molecule has 0 amide bonds. The summed E-state index contributed by atoms with van der Waals surface area (Å²) in [7, 11) is 1.69. The largest absolute Gasteiger partial charge is 0.383 e. The summed E-state index contributed by atoms with van der Waals surface area (Å²) in [5, 5.41) is 0. The number of nitrogens with one attached hydrogen (secondary N) is 1. The predicted molar refractivity (Wildman–Crippen MR) is 70.8 cm³/mol. The zero-order valence-electron chi connectivity index (χ0n) is 11.1. The first-order chi connectivity index (χ1) is 8.33. The fourth-order valence-electron chi connectivity index (χ4n) is 2.34. The van der Waals surface area contributed by atoms with Crippen molar-refractivity contribution in [3.05, 3.63) is 0 Å². The summed E-state index contributed by atoms with van der Waals surface area (Å²) in [6, 6.07) is 0.565. The Kier molecular flexibility index (Phi) is 6.96. The van der Waals surface area contributed by atoms with Crippen LogP contribution in [0.4, 0.5) is 0 Å². The highest BCUT2D eigenvalue weighted by molar-refractivity contribution is 5.79. The van der Waals surface area contributed by atoms with E-state index in [1.165, 1.54) is 25.7 Å². The van der Waals surface area contributed by atoms with Crippen molar-refractivity contribution in [3.8, 4) is 0 Å². The molecule has 1 saturated heterocycles. The summed E-state index contributed by atoms with van der Waals surface area (Å²) in [6.07, 6.45) is 6.22. The van der Waals surface area contributed by atoms with Crippen molar-refractivity contribution in [2.24, 2.45) is 10.8 Å². The topological polar surface area (TPSA) is 62.9 Å². The lowest BCUT2D eigenvalue weighted by Crippen LogP contribution is -2.49. The molecular formula is C12H26N4O. The van der Waals surface area contributed by atoms with Crippen molar-refractivity contribution in [2.45, 2.75) is 45.1 Å². The third kappa shape index (κ3) is 4.52. The van der Waals surface area contributed by atoms with Crippen LogP contribution >= 0.6 is 0 Å². The summed E-state index contributed by atoms with van der Waals surface area (Å²) in [5.74, 6) is 6.41. The van der Waals surface area contributed by atoms with Crippen molar-refractivity contribution in [2.75, 3.05) is 26.8 Å². The van der Waals surface area contributed by atoms with Gasteiger partial charge in [-0.25, -0.2) is 10.8 Å². The Morgan fingerprint density at radius 1 is 1.47 bits per heavy atom. The fraction of sp³-hybridized carbons (Fsp3) is 0.917. The molecule has 1 rings (SSSR count). The summed E-state index contributed by atoms with van der Waals surface area (Å²) < 4.78 is 5.01. The van der Waals surface area contributed by atoms with Gasteiger partial charge in [0.15, 0.2) is 0 Å². The number of nitrogens with two attached hydrogens (primary N) is 1. The van der Waals surface area contributed by atoms with Crippen molar-refractivity contribution in [3.63, 3.8) is 0 Å². The van der Waals surface area contributed by atoms with Crippen LogP contribution < -0.4 is 11.3 Å². The van der Waals surface area contributed by atoms with E-state index in [1.54, 1.807) is 7.11 Å². The van der Waals surface area contributed by atoms with E-state index >= 15 is 0 Å². The maximum Gasteiger partial charge on any atom is 0.208 e. The monoisotopic (exact) mass is 242 g/mol. The minimum Gasteiger partial charge on any atom is -0.383 e. The average Bonchev–Trinajstić information content (AvgIpc) is 2.60. The standard InChI is InChI=1S/C12H26N4O/c1-3-11-7-5-4-6-9-16(11)12(15-13)14-8-10-17-2/h11H,3-10,13H2,1-2H3,(H,14,15). The Balaban J connectivity index is 2.65. The Morgan fingerprint density at radius 3 is 2.94 bits per heavy atom. The van der Waals surface area contributed by atoms with Crippen molar-refractivity contribution < 1.29 is 4.74 Å². The molecule has 100 valence electrons. The number of methoxy groups -OCH3 is 1. The molecule has 1 aliphatic rings. The Bertz CT molecular complexity index is 233. The average molecular weight is 242 g/mol. The number of ether oxygens (including phenoxy) is 1. The van der Waals surface area contributed by atoms with Gasteiger partial charge in [0, 0.05) is 19.7 Å². The maximum absolute atomic E-state index is 5.59. The highest BCUT2D eigenvalue weighted by Crippen LogP contribution is 2.18. The van der Waals surface area contributed by atoms with Gasteiger partial charge in [-0.3, -0.25) is 5.43 Å². The van der Waals surface area contributed by atoms with E-state index in [4.69, 9.17) is 10.6 Å². The molecule has 3 N–H and O–H groups in total. The molecule has 5 nitrogen and oxygen atoms in total. The number of aliphatic imine (C=N–C) groups is 1.